The second-order valence-corrected chi connectivity index (χ2v) is 8.63. The lowest BCUT2D eigenvalue weighted by Crippen LogP contribution is -2.15. The maximum atomic E-state index is 12.6. The number of carbonyl (C=O) groups excluding carboxylic acids is 1. The molecule has 0 unspecified atom stereocenters. The first-order valence-electron chi connectivity index (χ1n) is 10.7. The highest BCUT2D eigenvalue weighted by molar-refractivity contribution is 7.99. The molecule has 0 atom stereocenters. The van der Waals surface area contributed by atoms with Crippen LogP contribution >= 0.6 is 11.8 Å². The average molecular weight is 490 g/mol. The van der Waals surface area contributed by atoms with Gasteiger partial charge in [0.25, 0.3) is 5.69 Å². The summed E-state index contributed by atoms with van der Waals surface area (Å²) in [5, 5.41) is 23.1. The van der Waals surface area contributed by atoms with E-state index in [1.807, 2.05) is 59.2 Å². The van der Waals surface area contributed by atoms with Crippen LogP contribution < -0.4 is 10.1 Å². The van der Waals surface area contributed by atoms with Crippen LogP contribution in [0.1, 0.15) is 17.0 Å². The molecule has 178 valence electrons. The van der Waals surface area contributed by atoms with Crippen LogP contribution in [0.3, 0.4) is 0 Å². The Kier molecular flexibility index (Phi) is 7.41. The summed E-state index contributed by atoms with van der Waals surface area (Å²) in [6.07, 6.45) is 0.578. The van der Waals surface area contributed by atoms with Gasteiger partial charge in [0.2, 0.25) is 5.91 Å². The topological polar surface area (TPSA) is 112 Å². The number of ether oxygens (including phenoxy) is 1. The van der Waals surface area contributed by atoms with Crippen molar-refractivity contribution in [2.24, 2.45) is 0 Å². The first-order chi connectivity index (χ1) is 16.9. The Morgan fingerprint density at radius 3 is 2.49 bits per heavy atom. The molecule has 4 aromatic rings. The summed E-state index contributed by atoms with van der Waals surface area (Å²) in [6.45, 7) is 1.71. The van der Waals surface area contributed by atoms with Gasteiger partial charge in [-0.05, 0) is 48.4 Å². The molecule has 1 N–H and O–H groups in total. The van der Waals surface area contributed by atoms with Crippen molar-refractivity contribution in [3.05, 3.63) is 99.9 Å². The van der Waals surface area contributed by atoms with E-state index in [9.17, 15) is 14.9 Å². The number of amides is 1. The number of aryl methyl sites for hydroxylation is 1. The average Bonchev–Trinajstić information content (AvgIpc) is 3.26. The summed E-state index contributed by atoms with van der Waals surface area (Å²) in [5.74, 6) is 1.32. The zero-order chi connectivity index (χ0) is 24.8. The number of hydrogen-bond donors (Lipinski definition) is 1. The second-order valence-electron chi connectivity index (χ2n) is 7.69. The molecular weight excluding hydrogens is 466 g/mol. The van der Waals surface area contributed by atoms with Crippen LogP contribution in [-0.4, -0.2) is 38.5 Å². The molecule has 3 aromatic carbocycles. The highest BCUT2D eigenvalue weighted by Gasteiger charge is 2.17. The quantitative estimate of drug-likeness (QED) is 0.204. The Bertz CT molecular complexity index is 1340. The second kappa shape index (κ2) is 10.8. The predicted octanol–water partition coefficient (Wildman–Crippen LogP) is 4.81. The Morgan fingerprint density at radius 1 is 1.09 bits per heavy atom. The molecule has 0 spiro atoms. The summed E-state index contributed by atoms with van der Waals surface area (Å²) < 4.78 is 7.20. The number of non-ortho nitro benzene ring substituents is 1. The molecule has 9 nitrogen and oxygen atoms in total. The zero-order valence-corrected chi connectivity index (χ0v) is 20.0. The molecule has 0 aliphatic carbocycles. The van der Waals surface area contributed by atoms with Crippen LogP contribution in [-0.2, 0) is 11.2 Å². The third-order valence-corrected chi connectivity index (χ3v) is 6.19. The number of nitro benzene ring substituents is 1. The fourth-order valence-electron chi connectivity index (χ4n) is 3.50. The minimum Gasteiger partial charge on any atom is -0.497 e. The number of carbonyl (C=O) groups is 1. The third kappa shape index (κ3) is 5.85. The van der Waals surface area contributed by atoms with Gasteiger partial charge in [-0.15, -0.1) is 10.2 Å². The van der Waals surface area contributed by atoms with Gasteiger partial charge < -0.3 is 10.1 Å². The number of nitrogens with zero attached hydrogens (tertiary/aromatic N) is 4. The molecule has 35 heavy (non-hydrogen) atoms. The van der Waals surface area contributed by atoms with Crippen molar-refractivity contribution in [1.29, 1.82) is 0 Å². The number of methoxy groups -OCH3 is 1. The van der Waals surface area contributed by atoms with E-state index in [2.05, 4.69) is 15.5 Å². The van der Waals surface area contributed by atoms with Gasteiger partial charge >= 0.3 is 0 Å². The summed E-state index contributed by atoms with van der Waals surface area (Å²) >= 11 is 1.26. The maximum Gasteiger partial charge on any atom is 0.269 e. The van der Waals surface area contributed by atoms with E-state index in [-0.39, 0.29) is 17.3 Å². The van der Waals surface area contributed by atoms with Crippen molar-refractivity contribution in [1.82, 2.24) is 14.8 Å². The van der Waals surface area contributed by atoms with Crippen LogP contribution in [0.4, 0.5) is 11.4 Å². The van der Waals surface area contributed by atoms with Gasteiger partial charge in [0.1, 0.15) is 11.6 Å². The van der Waals surface area contributed by atoms with E-state index in [0.29, 0.717) is 22.8 Å². The number of rotatable bonds is 9. The number of nitrogens with one attached hydrogen (secondary N) is 1. The van der Waals surface area contributed by atoms with Crippen LogP contribution in [0, 0.1) is 17.0 Å². The van der Waals surface area contributed by atoms with Gasteiger partial charge in [0, 0.05) is 29.9 Å². The van der Waals surface area contributed by atoms with Gasteiger partial charge in [-0.2, -0.15) is 0 Å². The molecule has 0 fully saturated rings. The molecule has 0 aliphatic rings. The fraction of sp³-hybridized carbons (Fsp3) is 0.160. The summed E-state index contributed by atoms with van der Waals surface area (Å²) in [7, 11) is 1.61. The third-order valence-electron chi connectivity index (χ3n) is 5.26. The van der Waals surface area contributed by atoms with Crippen LogP contribution in [0.2, 0.25) is 0 Å². The number of nitro groups is 1. The molecule has 1 heterocycles. The Hall–Kier alpha value is -4.18. The normalized spacial score (nSPS) is 10.7. The van der Waals surface area contributed by atoms with E-state index in [4.69, 9.17) is 4.74 Å². The molecule has 1 amide bonds. The van der Waals surface area contributed by atoms with Crippen molar-refractivity contribution in [2.45, 2.75) is 18.5 Å². The van der Waals surface area contributed by atoms with Crippen molar-refractivity contribution < 1.29 is 14.5 Å². The van der Waals surface area contributed by atoms with E-state index < -0.39 is 4.92 Å². The van der Waals surface area contributed by atoms with Crippen molar-refractivity contribution >= 4 is 29.0 Å². The van der Waals surface area contributed by atoms with Gasteiger partial charge in [0.05, 0.1) is 17.8 Å². The smallest absolute Gasteiger partial charge is 0.269 e. The molecule has 4 rings (SSSR count). The SMILES string of the molecule is COc1ccc(-n2c(Cc3ccccc3)nnc2SCC(=O)Nc2ccc([N+](=O)[O-])cc2C)cc1. The van der Waals surface area contributed by atoms with E-state index >= 15 is 0 Å². The largest absolute Gasteiger partial charge is 0.497 e. The van der Waals surface area contributed by atoms with E-state index in [1.165, 1.54) is 30.0 Å². The standard InChI is InChI=1S/C25H23N5O4S/c1-17-14-20(30(32)33)10-13-22(17)26-24(31)16-35-25-28-27-23(15-18-6-4-3-5-7-18)29(25)19-8-11-21(34-2)12-9-19/h3-14H,15-16H2,1-2H3,(H,26,31). The van der Waals surface area contributed by atoms with Gasteiger partial charge in [0.15, 0.2) is 5.16 Å². The fourth-order valence-corrected chi connectivity index (χ4v) is 4.27. The van der Waals surface area contributed by atoms with Crippen LogP contribution in [0.15, 0.2) is 78.0 Å². The van der Waals surface area contributed by atoms with Crippen molar-refractivity contribution in [3.8, 4) is 11.4 Å². The minimum atomic E-state index is -0.465. The molecule has 10 heteroatoms. The monoisotopic (exact) mass is 489 g/mol. The molecule has 0 radical (unpaired) electrons. The highest BCUT2D eigenvalue weighted by atomic mass is 32.2. The highest BCUT2D eigenvalue weighted by Crippen LogP contribution is 2.26. The Labute approximate surface area is 206 Å². The first-order valence-corrected chi connectivity index (χ1v) is 11.7. The maximum absolute atomic E-state index is 12.6. The lowest BCUT2D eigenvalue weighted by molar-refractivity contribution is -0.384. The molecule has 0 saturated heterocycles. The number of hydrogen-bond acceptors (Lipinski definition) is 7. The lowest BCUT2D eigenvalue weighted by Gasteiger charge is -2.12. The zero-order valence-electron chi connectivity index (χ0n) is 19.2. The summed E-state index contributed by atoms with van der Waals surface area (Å²) in [6, 6.07) is 21.9. The predicted molar refractivity (Wildman–Crippen MR) is 134 cm³/mol. The minimum absolute atomic E-state index is 0.0200. The molecule has 1 aromatic heterocycles. The number of thioether (sulfide) groups is 1. The van der Waals surface area contributed by atoms with E-state index in [0.717, 1.165) is 22.8 Å². The van der Waals surface area contributed by atoms with Gasteiger partial charge in [-0.1, -0.05) is 42.1 Å². The lowest BCUT2D eigenvalue weighted by atomic mass is 10.1. The van der Waals surface area contributed by atoms with Crippen LogP contribution in [0.25, 0.3) is 5.69 Å². The van der Waals surface area contributed by atoms with Crippen molar-refractivity contribution in [2.75, 3.05) is 18.2 Å². The van der Waals surface area contributed by atoms with Crippen molar-refractivity contribution in [3.63, 3.8) is 0 Å². The molecule has 0 saturated carbocycles. The number of benzene rings is 3. The molecule has 0 aliphatic heterocycles. The Morgan fingerprint density at radius 2 is 1.83 bits per heavy atom. The molecular formula is C25H23N5O4S. The van der Waals surface area contributed by atoms with Gasteiger partial charge in [-0.3, -0.25) is 19.5 Å². The number of anilines is 1. The van der Waals surface area contributed by atoms with Gasteiger partial charge in [-0.25, -0.2) is 0 Å². The summed E-state index contributed by atoms with van der Waals surface area (Å²) in [5.41, 5.74) is 3.08. The first kappa shape index (κ1) is 24.0. The Balaban J connectivity index is 1.53. The molecule has 0 bridgehead atoms. The summed E-state index contributed by atoms with van der Waals surface area (Å²) in [4.78, 5) is 23.1. The van der Waals surface area contributed by atoms with Crippen LogP contribution in [0.5, 0.6) is 5.75 Å². The van der Waals surface area contributed by atoms with E-state index in [1.54, 1.807) is 14.0 Å². The number of aromatic nitrogens is 3.